The molecule has 0 radical (unpaired) electrons. The SMILES string of the molecule is Clc1ccc(N2CCN([C@H]3CC[C@@H](c4ccc(-c5ccccc5)[nH]4)C3)CC2)cc1. The number of benzene rings is 2. The van der Waals surface area contributed by atoms with Crippen LogP contribution in [-0.2, 0) is 0 Å². The number of halogens is 1. The summed E-state index contributed by atoms with van der Waals surface area (Å²) in [7, 11) is 0. The topological polar surface area (TPSA) is 22.3 Å². The van der Waals surface area contributed by atoms with Gasteiger partial charge in [0.1, 0.15) is 0 Å². The molecular weight excluding hydrogens is 378 g/mol. The molecule has 0 bridgehead atoms. The lowest BCUT2D eigenvalue weighted by Gasteiger charge is -2.39. The van der Waals surface area contributed by atoms with Crippen molar-refractivity contribution in [3.05, 3.63) is 77.4 Å². The van der Waals surface area contributed by atoms with Crippen molar-refractivity contribution in [3.63, 3.8) is 0 Å². The monoisotopic (exact) mass is 405 g/mol. The predicted molar refractivity (Wildman–Crippen MR) is 122 cm³/mol. The molecule has 1 aromatic heterocycles. The van der Waals surface area contributed by atoms with Crippen LogP contribution in [0.3, 0.4) is 0 Å². The van der Waals surface area contributed by atoms with E-state index in [0.717, 1.165) is 37.2 Å². The molecule has 5 rings (SSSR count). The summed E-state index contributed by atoms with van der Waals surface area (Å²) in [5.41, 5.74) is 5.21. The molecule has 2 atom stereocenters. The van der Waals surface area contributed by atoms with E-state index in [9.17, 15) is 0 Å². The lowest BCUT2D eigenvalue weighted by atomic mass is 10.0. The minimum atomic E-state index is 0.659. The minimum absolute atomic E-state index is 0.659. The van der Waals surface area contributed by atoms with Crippen molar-refractivity contribution >= 4 is 17.3 Å². The first-order valence-corrected chi connectivity index (χ1v) is 11.1. The van der Waals surface area contributed by atoms with Crippen LogP contribution in [0.25, 0.3) is 11.3 Å². The van der Waals surface area contributed by atoms with Gasteiger partial charge in [0.05, 0.1) is 0 Å². The third kappa shape index (κ3) is 4.08. The molecule has 1 saturated heterocycles. The fraction of sp³-hybridized carbons (Fsp3) is 0.360. The van der Waals surface area contributed by atoms with E-state index in [4.69, 9.17) is 11.6 Å². The van der Waals surface area contributed by atoms with Crippen molar-refractivity contribution in [1.29, 1.82) is 0 Å². The van der Waals surface area contributed by atoms with Crippen LogP contribution in [0.15, 0.2) is 66.7 Å². The molecule has 3 aromatic rings. The number of rotatable bonds is 4. The average molecular weight is 406 g/mol. The number of H-pyrrole nitrogens is 1. The summed E-state index contributed by atoms with van der Waals surface area (Å²) < 4.78 is 0. The summed E-state index contributed by atoms with van der Waals surface area (Å²) in [6, 6.07) is 24.1. The number of nitrogens with one attached hydrogen (secondary N) is 1. The Morgan fingerprint density at radius 3 is 2.31 bits per heavy atom. The van der Waals surface area contributed by atoms with Crippen molar-refractivity contribution < 1.29 is 0 Å². The van der Waals surface area contributed by atoms with E-state index in [0.29, 0.717) is 5.92 Å². The van der Waals surface area contributed by atoms with Crippen molar-refractivity contribution in [2.75, 3.05) is 31.1 Å². The zero-order valence-electron chi connectivity index (χ0n) is 16.7. The largest absolute Gasteiger partial charge is 0.369 e. The van der Waals surface area contributed by atoms with E-state index in [1.54, 1.807) is 0 Å². The molecule has 4 heteroatoms. The molecule has 1 N–H and O–H groups in total. The Morgan fingerprint density at radius 1 is 0.793 bits per heavy atom. The van der Waals surface area contributed by atoms with Crippen LogP contribution in [0.4, 0.5) is 5.69 Å². The number of aromatic amines is 1. The van der Waals surface area contributed by atoms with Gasteiger partial charge < -0.3 is 9.88 Å². The maximum atomic E-state index is 6.03. The number of hydrogen-bond donors (Lipinski definition) is 1. The van der Waals surface area contributed by atoms with E-state index in [2.05, 4.69) is 69.4 Å². The molecule has 1 aliphatic carbocycles. The fourth-order valence-corrected chi connectivity index (χ4v) is 5.13. The molecule has 0 unspecified atom stereocenters. The number of anilines is 1. The van der Waals surface area contributed by atoms with Gasteiger partial charge in [-0.1, -0.05) is 41.9 Å². The third-order valence-corrected chi connectivity index (χ3v) is 6.91. The second-order valence-electron chi connectivity index (χ2n) is 8.36. The van der Waals surface area contributed by atoms with Crippen LogP contribution in [-0.4, -0.2) is 42.1 Å². The van der Waals surface area contributed by atoms with E-state index >= 15 is 0 Å². The Labute approximate surface area is 178 Å². The Kier molecular flexibility index (Phi) is 5.34. The summed E-state index contributed by atoms with van der Waals surface area (Å²) >= 11 is 6.03. The van der Waals surface area contributed by atoms with Gasteiger partial charge in [-0.05, 0) is 61.2 Å². The van der Waals surface area contributed by atoms with Crippen molar-refractivity contribution in [1.82, 2.24) is 9.88 Å². The molecule has 3 nitrogen and oxygen atoms in total. The highest BCUT2D eigenvalue weighted by molar-refractivity contribution is 6.30. The van der Waals surface area contributed by atoms with Gasteiger partial charge in [0.2, 0.25) is 0 Å². The first kappa shape index (κ1) is 18.8. The van der Waals surface area contributed by atoms with E-state index in [1.807, 2.05) is 12.1 Å². The molecule has 2 fully saturated rings. The molecular formula is C25H28ClN3. The Morgan fingerprint density at radius 2 is 1.55 bits per heavy atom. The molecule has 0 spiro atoms. The van der Waals surface area contributed by atoms with E-state index < -0.39 is 0 Å². The third-order valence-electron chi connectivity index (χ3n) is 6.66. The maximum absolute atomic E-state index is 6.03. The van der Waals surface area contributed by atoms with Gasteiger partial charge in [-0.2, -0.15) is 0 Å². The standard InChI is InChI=1S/C25H28ClN3/c26-21-7-10-22(11-8-21)28-14-16-29(17-15-28)23-9-6-20(18-23)25-13-12-24(27-25)19-4-2-1-3-5-19/h1-5,7-8,10-13,20,23,27H,6,9,14-18H2/t20-,23+/m1/s1. The van der Waals surface area contributed by atoms with Crippen LogP contribution >= 0.6 is 11.6 Å². The highest BCUT2D eigenvalue weighted by Crippen LogP contribution is 2.38. The molecule has 2 aromatic carbocycles. The Bertz CT molecular complexity index is 926. The van der Waals surface area contributed by atoms with Gasteiger partial charge in [0.25, 0.3) is 0 Å². The number of nitrogens with zero attached hydrogens (tertiary/aromatic N) is 2. The van der Waals surface area contributed by atoms with Gasteiger partial charge in [0, 0.05) is 60.2 Å². The molecule has 29 heavy (non-hydrogen) atoms. The molecule has 2 heterocycles. The zero-order valence-corrected chi connectivity index (χ0v) is 17.5. The van der Waals surface area contributed by atoms with Crippen LogP contribution in [0.2, 0.25) is 5.02 Å². The van der Waals surface area contributed by atoms with Crippen LogP contribution < -0.4 is 4.90 Å². The van der Waals surface area contributed by atoms with E-state index in [1.165, 1.54) is 41.9 Å². The van der Waals surface area contributed by atoms with Gasteiger partial charge >= 0.3 is 0 Å². The van der Waals surface area contributed by atoms with Gasteiger partial charge in [-0.15, -0.1) is 0 Å². The quantitative estimate of drug-likeness (QED) is 0.593. The average Bonchev–Trinajstić information content (AvgIpc) is 3.45. The van der Waals surface area contributed by atoms with Gasteiger partial charge in [-0.25, -0.2) is 0 Å². The highest BCUT2D eigenvalue weighted by Gasteiger charge is 2.32. The molecule has 0 amide bonds. The van der Waals surface area contributed by atoms with Crippen molar-refractivity contribution in [2.24, 2.45) is 0 Å². The first-order valence-electron chi connectivity index (χ1n) is 10.8. The first-order chi connectivity index (χ1) is 14.3. The molecule has 150 valence electrons. The summed E-state index contributed by atoms with van der Waals surface area (Å²) in [4.78, 5) is 8.89. The number of aromatic nitrogens is 1. The molecule has 1 aliphatic heterocycles. The van der Waals surface area contributed by atoms with Crippen LogP contribution in [0, 0.1) is 0 Å². The number of hydrogen-bond acceptors (Lipinski definition) is 2. The fourth-order valence-electron chi connectivity index (χ4n) is 5.01. The summed E-state index contributed by atoms with van der Waals surface area (Å²) in [6.45, 7) is 4.51. The lowest BCUT2D eigenvalue weighted by Crippen LogP contribution is -2.49. The Hall–Kier alpha value is -2.23. The highest BCUT2D eigenvalue weighted by atomic mass is 35.5. The second-order valence-corrected chi connectivity index (χ2v) is 8.79. The summed E-state index contributed by atoms with van der Waals surface area (Å²) in [6.07, 6.45) is 3.87. The summed E-state index contributed by atoms with van der Waals surface area (Å²) in [5, 5.41) is 0.809. The molecule has 2 aliphatic rings. The van der Waals surface area contributed by atoms with Crippen molar-refractivity contribution in [3.8, 4) is 11.3 Å². The zero-order chi connectivity index (χ0) is 19.6. The van der Waals surface area contributed by atoms with Gasteiger partial charge in [0.15, 0.2) is 0 Å². The minimum Gasteiger partial charge on any atom is -0.369 e. The smallest absolute Gasteiger partial charge is 0.0456 e. The van der Waals surface area contributed by atoms with Crippen LogP contribution in [0.5, 0.6) is 0 Å². The van der Waals surface area contributed by atoms with Gasteiger partial charge in [-0.3, -0.25) is 4.90 Å². The summed E-state index contributed by atoms with van der Waals surface area (Å²) in [5.74, 6) is 0.659. The number of piperazine rings is 1. The normalized spacial score (nSPS) is 22.9. The van der Waals surface area contributed by atoms with Crippen molar-refractivity contribution in [2.45, 2.75) is 31.2 Å². The van der Waals surface area contributed by atoms with E-state index in [-0.39, 0.29) is 0 Å². The maximum Gasteiger partial charge on any atom is 0.0456 e. The molecule has 1 saturated carbocycles. The second kappa shape index (κ2) is 8.25. The predicted octanol–water partition coefficient (Wildman–Crippen LogP) is 5.79. The Balaban J connectivity index is 1.18. The lowest BCUT2D eigenvalue weighted by molar-refractivity contribution is 0.186. The van der Waals surface area contributed by atoms with Crippen LogP contribution in [0.1, 0.15) is 30.9 Å².